The number of aromatic nitrogens is 4. The van der Waals surface area contributed by atoms with Crippen LogP contribution in [0, 0.1) is 0 Å². The van der Waals surface area contributed by atoms with Crippen molar-refractivity contribution >= 4 is 5.82 Å². The monoisotopic (exact) mass is 231 g/mol. The Morgan fingerprint density at radius 3 is 2.76 bits per heavy atom. The number of imidazole rings is 2. The lowest BCUT2D eigenvalue weighted by Crippen LogP contribution is -2.04. The van der Waals surface area contributed by atoms with E-state index in [0.717, 1.165) is 29.6 Å². The summed E-state index contributed by atoms with van der Waals surface area (Å²) in [5.41, 5.74) is 8.05. The highest BCUT2D eigenvalue weighted by Gasteiger charge is 2.30. The number of nitrogens with two attached hydrogens (primary N) is 1. The fourth-order valence-corrected chi connectivity index (χ4v) is 2.24. The topological polar surface area (TPSA) is 61.7 Å². The van der Waals surface area contributed by atoms with Crippen molar-refractivity contribution in [1.29, 1.82) is 0 Å². The van der Waals surface area contributed by atoms with Gasteiger partial charge in [-0.2, -0.15) is 0 Å². The van der Waals surface area contributed by atoms with Gasteiger partial charge in [0.05, 0.1) is 18.2 Å². The lowest BCUT2D eigenvalue weighted by Gasteiger charge is -2.05. The van der Waals surface area contributed by atoms with Gasteiger partial charge in [0, 0.05) is 19.5 Å². The number of hydrogen-bond donors (Lipinski definition) is 1. The maximum Gasteiger partial charge on any atom is 0.133 e. The Hall–Kier alpha value is -1.78. The smallest absolute Gasteiger partial charge is 0.133 e. The van der Waals surface area contributed by atoms with Gasteiger partial charge in [-0.3, -0.25) is 0 Å². The van der Waals surface area contributed by atoms with Crippen LogP contribution in [0.1, 0.15) is 31.5 Å². The third-order valence-electron chi connectivity index (χ3n) is 3.35. The zero-order valence-corrected chi connectivity index (χ0v) is 10.2. The van der Waals surface area contributed by atoms with Gasteiger partial charge in [0.15, 0.2) is 0 Å². The average molecular weight is 231 g/mol. The molecule has 0 amide bonds. The van der Waals surface area contributed by atoms with Gasteiger partial charge < -0.3 is 14.9 Å². The molecule has 1 aliphatic carbocycles. The molecule has 17 heavy (non-hydrogen) atoms. The zero-order valence-electron chi connectivity index (χ0n) is 10.2. The minimum atomic E-state index is 0.610. The van der Waals surface area contributed by atoms with Crippen LogP contribution < -0.4 is 5.73 Å². The minimum absolute atomic E-state index is 0.610. The number of aryl methyl sites for hydroxylation is 1. The molecule has 0 spiro atoms. The van der Waals surface area contributed by atoms with Crippen LogP contribution in [0.5, 0.6) is 0 Å². The van der Waals surface area contributed by atoms with Crippen LogP contribution in [0.25, 0.3) is 11.4 Å². The van der Waals surface area contributed by atoms with Crippen LogP contribution in [-0.4, -0.2) is 19.1 Å². The fourth-order valence-electron chi connectivity index (χ4n) is 2.24. The highest BCUT2D eigenvalue weighted by Crippen LogP contribution is 2.42. The van der Waals surface area contributed by atoms with Crippen molar-refractivity contribution in [2.45, 2.75) is 32.2 Å². The summed E-state index contributed by atoms with van der Waals surface area (Å²) in [6.07, 6.45) is 6.06. The predicted octanol–water partition coefficient (Wildman–Crippen LogP) is 1.76. The normalized spacial score (nSPS) is 15.4. The molecule has 1 fully saturated rings. The van der Waals surface area contributed by atoms with Crippen molar-refractivity contribution in [3.05, 3.63) is 18.3 Å². The second-order valence-corrected chi connectivity index (χ2v) is 4.61. The van der Waals surface area contributed by atoms with Crippen molar-refractivity contribution in [1.82, 2.24) is 19.1 Å². The second-order valence-electron chi connectivity index (χ2n) is 4.61. The van der Waals surface area contributed by atoms with Crippen molar-refractivity contribution < 1.29 is 0 Å². The van der Waals surface area contributed by atoms with Gasteiger partial charge in [-0.1, -0.05) is 0 Å². The Morgan fingerprint density at radius 2 is 2.24 bits per heavy atom. The van der Waals surface area contributed by atoms with Crippen LogP contribution in [0.4, 0.5) is 5.82 Å². The molecule has 2 N–H and O–H groups in total. The Labute approximate surface area is 100 Å². The third kappa shape index (κ3) is 1.53. The Morgan fingerprint density at radius 1 is 1.47 bits per heavy atom. The Bertz CT molecular complexity index is 547. The van der Waals surface area contributed by atoms with Crippen LogP contribution in [0.15, 0.2) is 12.5 Å². The van der Waals surface area contributed by atoms with E-state index >= 15 is 0 Å². The van der Waals surface area contributed by atoms with Crippen molar-refractivity contribution in [3.63, 3.8) is 0 Å². The first-order valence-electron chi connectivity index (χ1n) is 6.05. The third-order valence-corrected chi connectivity index (χ3v) is 3.35. The summed E-state index contributed by atoms with van der Waals surface area (Å²) in [6.45, 7) is 2.99. The molecule has 0 radical (unpaired) electrons. The van der Waals surface area contributed by atoms with E-state index in [9.17, 15) is 0 Å². The molecule has 5 nitrogen and oxygen atoms in total. The standard InChI is InChI=1S/C12H17N5/c1-3-17-11(13)10(9-6-14-7-16(9)2)15-12(17)8-4-5-8/h6-8H,3-5,13H2,1-2H3. The second kappa shape index (κ2) is 3.61. The molecule has 2 aromatic rings. The molecule has 90 valence electrons. The van der Waals surface area contributed by atoms with Crippen molar-refractivity contribution in [2.24, 2.45) is 7.05 Å². The Kier molecular flexibility index (Phi) is 2.21. The number of hydrogen-bond acceptors (Lipinski definition) is 3. The van der Waals surface area contributed by atoms with E-state index in [0.29, 0.717) is 5.92 Å². The molecular weight excluding hydrogens is 214 g/mol. The van der Waals surface area contributed by atoms with Crippen LogP contribution in [0.2, 0.25) is 0 Å². The van der Waals surface area contributed by atoms with Gasteiger partial charge >= 0.3 is 0 Å². The lowest BCUT2D eigenvalue weighted by molar-refractivity contribution is 0.708. The molecule has 0 aromatic carbocycles. The number of nitrogens with zero attached hydrogens (tertiary/aromatic N) is 4. The van der Waals surface area contributed by atoms with Gasteiger partial charge in [0.1, 0.15) is 17.3 Å². The first-order valence-corrected chi connectivity index (χ1v) is 6.05. The summed E-state index contributed by atoms with van der Waals surface area (Å²) >= 11 is 0. The molecular formula is C12H17N5. The van der Waals surface area contributed by atoms with Crippen molar-refractivity contribution in [3.8, 4) is 11.4 Å². The van der Waals surface area contributed by atoms with E-state index in [-0.39, 0.29) is 0 Å². The summed E-state index contributed by atoms with van der Waals surface area (Å²) in [5, 5.41) is 0. The molecule has 2 heterocycles. The minimum Gasteiger partial charge on any atom is -0.383 e. The SMILES string of the molecule is CCn1c(C2CC2)nc(-c2cncn2C)c1N. The molecule has 0 saturated heterocycles. The largest absolute Gasteiger partial charge is 0.383 e. The lowest BCUT2D eigenvalue weighted by atomic mass is 10.3. The highest BCUT2D eigenvalue weighted by molar-refractivity contribution is 5.68. The van der Waals surface area contributed by atoms with E-state index in [1.165, 1.54) is 12.8 Å². The molecule has 0 bridgehead atoms. The van der Waals surface area contributed by atoms with Crippen molar-refractivity contribution in [2.75, 3.05) is 5.73 Å². The summed E-state index contributed by atoms with van der Waals surface area (Å²) in [6, 6.07) is 0. The van der Waals surface area contributed by atoms with Crippen LogP contribution >= 0.6 is 0 Å². The molecule has 0 unspecified atom stereocenters. The number of anilines is 1. The van der Waals surface area contributed by atoms with E-state index in [1.807, 2.05) is 17.8 Å². The zero-order chi connectivity index (χ0) is 12.0. The van der Waals surface area contributed by atoms with Crippen LogP contribution in [-0.2, 0) is 13.6 Å². The van der Waals surface area contributed by atoms with Gasteiger partial charge in [0.2, 0.25) is 0 Å². The summed E-state index contributed by atoms with van der Waals surface area (Å²) < 4.78 is 4.08. The molecule has 5 heteroatoms. The molecule has 3 rings (SSSR count). The molecule has 0 atom stereocenters. The van der Waals surface area contributed by atoms with E-state index in [4.69, 9.17) is 10.7 Å². The molecule has 1 aliphatic rings. The summed E-state index contributed by atoms with van der Waals surface area (Å²) in [4.78, 5) is 8.85. The number of rotatable bonds is 3. The fraction of sp³-hybridized carbons (Fsp3) is 0.500. The summed E-state index contributed by atoms with van der Waals surface area (Å²) in [5.74, 6) is 2.51. The van der Waals surface area contributed by atoms with Gasteiger partial charge in [-0.15, -0.1) is 0 Å². The molecule has 1 saturated carbocycles. The van der Waals surface area contributed by atoms with Gasteiger partial charge in [-0.25, -0.2) is 9.97 Å². The Balaban J connectivity index is 2.14. The quantitative estimate of drug-likeness (QED) is 0.875. The molecule has 0 aliphatic heterocycles. The summed E-state index contributed by atoms with van der Waals surface area (Å²) in [7, 11) is 1.96. The highest BCUT2D eigenvalue weighted by atomic mass is 15.2. The first kappa shape index (κ1) is 10.4. The molecule has 2 aromatic heterocycles. The van der Waals surface area contributed by atoms with E-state index < -0.39 is 0 Å². The van der Waals surface area contributed by atoms with E-state index in [2.05, 4.69) is 16.5 Å². The number of nitrogen functional groups attached to an aromatic ring is 1. The predicted molar refractivity (Wildman–Crippen MR) is 66.5 cm³/mol. The van der Waals surface area contributed by atoms with Crippen LogP contribution in [0.3, 0.4) is 0 Å². The average Bonchev–Trinajstić information content (AvgIpc) is 2.99. The van der Waals surface area contributed by atoms with Gasteiger partial charge in [-0.05, 0) is 19.8 Å². The van der Waals surface area contributed by atoms with E-state index in [1.54, 1.807) is 6.33 Å². The first-order chi connectivity index (χ1) is 8.22. The maximum atomic E-state index is 6.20. The maximum absolute atomic E-state index is 6.20. The van der Waals surface area contributed by atoms with Gasteiger partial charge in [0.25, 0.3) is 0 Å².